The molecular formula is C11H18N2. The Balaban J connectivity index is 2.86. The summed E-state index contributed by atoms with van der Waals surface area (Å²) in [6.45, 7) is 4.85. The van der Waals surface area contributed by atoms with Crippen LogP contribution in [0, 0.1) is 13.8 Å². The van der Waals surface area contributed by atoms with Crippen molar-refractivity contribution in [3.05, 3.63) is 28.8 Å². The predicted octanol–water partition coefficient (Wildman–Crippen LogP) is 1.78. The highest BCUT2D eigenvalue weighted by Gasteiger charge is 2.00. The van der Waals surface area contributed by atoms with Crippen LogP contribution in [0.25, 0.3) is 0 Å². The zero-order chi connectivity index (χ0) is 9.84. The molecule has 0 amide bonds. The number of rotatable bonds is 3. The Kier molecular flexibility index (Phi) is 3.32. The van der Waals surface area contributed by atoms with E-state index >= 15 is 0 Å². The van der Waals surface area contributed by atoms with Crippen molar-refractivity contribution in [1.29, 1.82) is 0 Å². The lowest BCUT2D eigenvalue weighted by Crippen LogP contribution is -2.02. The van der Waals surface area contributed by atoms with Crippen molar-refractivity contribution in [3.8, 4) is 0 Å². The fourth-order valence-electron chi connectivity index (χ4n) is 1.51. The Morgan fingerprint density at radius 1 is 1.15 bits per heavy atom. The van der Waals surface area contributed by atoms with Crippen molar-refractivity contribution in [1.82, 2.24) is 0 Å². The van der Waals surface area contributed by atoms with E-state index in [1.807, 2.05) is 13.8 Å². The first kappa shape index (κ1) is 10.1. The Morgan fingerprint density at radius 3 is 2.15 bits per heavy atom. The van der Waals surface area contributed by atoms with Gasteiger partial charge < -0.3 is 11.5 Å². The first-order valence-corrected chi connectivity index (χ1v) is 4.71. The van der Waals surface area contributed by atoms with Gasteiger partial charge in [0.15, 0.2) is 0 Å². The smallest absolute Gasteiger partial charge is 0.0373 e. The SMILES string of the molecule is Cc1cc(CCCN)cc(C)c1N. The zero-order valence-electron chi connectivity index (χ0n) is 8.43. The van der Waals surface area contributed by atoms with Crippen LogP contribution in [-0.4, -0.2) is 6.54 Å². The summed E-state index contributed by atoms with van der Waals surface area (Å²) in [5.41, 5.74) is 15.9. The third-order valence-corrected chi connectivity index (χ3v) is 2.32. The summed E-state index contributed by atoms with van der Waals surface area (Å²) in [6, 6.07) is 4.30. The standard InChI is InChI=1S/C11H18N2/c1-8-6-10(4-3-5-12)7-9(2)11(8)13/h6-7H,3-5,12-13H2,1-2H3. The molecule has 0 atom stereocenters. The lowest BCUT2D eigenvalue weighted by atomic mass is 10.0. The lowest BCUT2D eigenvalue weighted by molar-refractivity contribution is 0.831. The predicted molar refractivity (Wildman–Crippen MR) is 57.7 cm³/mol. The van der Waals surface area contributed by atoms with E-state index in [1.165, 1.54) is 16.7 Å². The Hall–Kier alpha value is -1.02. The number of aryl methyl sites for hydroxylation is 3. The van der Waals surface area contributed by atoms with Gasteiger partial charge in [0.1, 0.15) is 0 Å². The summed E-state index contributed by atoms with van der Waals surface area (Å²) in [5.74, 6) is 0. The molecule has 0 bridgehead atoms. The molecule has 0 saturated heterocycles. The third kappa shape index (κ3) is 2.46. The summed E-state index contributed by atoms with van der Waals surface area (Å²) in [6.07, 6.45) is 2.10. The average Bonchev–Trinajstić information content (AvgIpc) is 2.10. The second-order valence-electron chi connectivity index (χ2n) is 3.54. The number of nitrogens with two attached hydrogens (primary N) is 2. The molecule has 2 nitrogen and oxygen atoms in total. The van der Waals surface area contributed by atoms with E-state index in [2.05, 4.69) is 12.1 Å². The quantitative estimate of drug-likeness (QED) is 0.693. The van der Waals surface area contributed by atoms with E-state index in [1.54, 1.807) is 0 Å². The Bertz CT molecular complexity index is 269. The number of benzene rings is 1. The van der Waals surface area contributed by atoms with Crippen molar-refractivity contribution in [2.45, 2.75) is 26.7 Å². The Morgan fingerprint density at radius 2 is 1.69 bits per heavy atom. The normalized spacial score (nSPS) is 10.4. The van der Waals surface area contributed by atoms with E-state index in [0.29, 0.717) is 0 Å². The van der Waals surface area contributed by atoms with E-state index in [-0.39, 0.29) is 0 Å². The van der Waals surface area contributed by atoms with Gasteiger partial charge >= 0.3 is 0 Å². The van der Waals surface area contributed by atoms with Gasteiger partial charge in [0.05, 0.1) is 0 Å². The largest absolute Gasteiger partial charge is 0.398 e. The van der Waals surface area contributed by atoms with Crippen LogP contribution in [-0.2, 0) is 6.42 Å². The molecule has 2 heteroatoms. The first-order chi connectivity index (χ1) is 6.15. The molecular weight excluding hydrogens is 160 g/mol. The minimum atomic E-state index is 0.752. The molecule has 0 aromatic heterocycles. The maximum absolute atomic E-state index is 5.85. The fraction of sp³-hybridized carbons (Fsp3) is 0.455. The van der Waals surface area contributed by atoms with Crippen molar-refractivity contribution < 1.29 is 0 Å². The van der Waals surface area contributed by atoms with Crippen molar-refractivity contribution in [2.75, 3.05) is 12.3 Å². The monoisotopic (exact) mass is 178 g/mol. The third-order valence-electron chi connectivity index (χ3n) is 2.32. The highest BCUT2D eigenvalue weighted by molar-refractivity contribution is 5.54. The van der Waals surface area contributed by atoms with Crippen LogP contribution in [0.5, 0.6) is 0 Å². The molecule has 4 N–H and O–H groups in total. The molecule has 0 spiro atoms. The van der Waals surface area contributed by atoms with Crippen LogP contribution in [0.15, 0.2) is 12.1 Å². The molecule has 0 fully saturated rings. The zero-order valence-corrected chi connectivity index (χ0v) is 8.43. The van der Waals surface area contributed by atoms with Crippen LogP contribution in [0.3, 0.4) is 0 Å². The number of nitrogen functional groups attached to an aromatic ring is 1. The summed E-state index contributed by atoms with van der Waals surface area (Å²) in [5, 5.41) is 0. The summed E-state index contributed by atoms with van der Waals surface area (Å²) < 4.78 is 0. The van der Waals surface area contributed by atoms with E-state index in [0.717, 1.165) is 25.1 Å². The highest BCUT2D eigenvalue weighted by atomic mass is 14.6. The number of hydrogen-bond acceptors (Lipinski definition) is 2. The van der Waals surface area contributed by atoms with Crippen LogP contribution >= 0.6 is 0 Å². The summed E-state index contributed by atoms with van der Waals surface area (Å²) in [7, 11) is 0. The minimum absolute atomic E-state index is 0.752. The lowest BCUT2D eigenvalue weighted by Gasteiger charge is -2.08. The van der Waals surface area contributed by atoms with E-state index in [4.69, 9.17) is 11.5 Å². The minimum Gasteiger partial charge on any atom is -0.398 e. The van der Waals surface area contributed by atoms with E-state index in [9.17, 15) is 0 Å². The second-order valence-corrected chi connectivity index (χ2v) is 3.54. The Labute approximate surface area is 79.9 Å². The van der Waals surface area contributed by atoms with Gasteiger partial charge in [-0.2, -0.15) is 0 Å². The molecule has 0 aliphatic rings. The molecule has 1 rings (SSSR count). The molecule has 0 radical (unpaired) electrons. The van der Waals surface area contributed by atoms with Gasteiger partial charge in [-0.05, 0) is 49.9 Å². The molecule has 0 aliphatic heterocycles. The number of hydrogen-bond donors (Lipinski definition) is 2. The highest BCUT2D eigenvalue weighted by Crippen LogP contribution is 2.19. The van der Waals surface area contributed by atoms with Gasteiger partial charge in [-0.3, -0.25) is 0 Å². The molecule has 1 aromatic rings. The van der Waals surface area contributed by atoms with E-state index < -0.39 is 0 Å². The molecule has 0 heterocycles. The van der Waals surface area contributed by atoms with Crippen molar-refractivity contribution in [3.63, 3.8) is 0 Å². The molecule has 72 valence electrons. The van der Waals surface area contributed by atoms with Crippen LogP contribution in [0.4, 0.5) is 5.69 Å². The topological polar surface area (TPSA) is 52.0 Å². The molecule has 13 heavy (non-hydrogen) atoms. The average molecular weight is 178 g/mol. The second kappa shape index (κ2) is 4.28. The maximum Gasteiger partial charge on any atom is 0.0373 e. The molecule has 1 aromatic carbocycles. The van der Waals surface area contributed by atoms with Crippen LogP contribution in [0.1, 0.15) is 23.1 Å². The maximum atomic E-state index is 5.85. The molecule has 0 saturated carbocycles. The van der Waals surface area contributed by atoms with Gasteiger partial charge in [-0.25, -0.2) is 0 Å². The summed E-state index contributed by atoms with van der Waals surface area (Å²) in [4.78, 5) is 0. The van der Waals surface area contributed by atoms with Crippen molar-refractivity contribution in [2.24, 2.45) is 5.73 Å². The first-order valence-electron chi connectivity index (χ1n) is 4.71. The van der Waals surface area contributed by atoms with Crippen molar-refractivity contribution >= 4 is 5.69 Å². The van der Waals surface area contributed by atoms with Gasteiger partial charge in [0.2, 0.25) is 0 Å². The van der Waals surface area contributed by atoms with Crippen LogP contribution < -0.4 is 11.5 Å². The number of anilines is 1. The fourth-order valence-corrected chi connectivity index (χ4v) is 1.51. The van der Waals surface area contributed by atoms with Gasteiger partial charge in [0.25, 0.3) is 0 Å². The van der Waals surface area contributed by atoms with Gasteiger partial charge in [-0.15, -0.1) is 0 Å². The molecule has 0 unspecified atom stereocenters. The van der Waals surface area contributed by atoms with Crippen LogP contribution in [0.2, 0.25) is 0 Å². The molecule has 0 aliphatic carbocycles. The summed E-state index contributed by atoms with van der Waals surface area (Å²) >= 11 is 0. The van der Waals surface area contributed by atoms with Gasteiger partial charge in [-0.1, -0.05) is 12.1 Å². The van der Waals surface area contributed by atoms with Gasteiger partial charge in [0, 0.05) is 5.69 Å².